The molecule has 2 aromatic rings. The minimum atomic E-state index is -0.557. The molecular weight excluding hydrogens is 332 g/mol. The fourth-order valence-corrected chi connectivity index (χ4v) is 3.80. The van der Waals surface area contributed by atoms with E-state index in [4.69, 9.17) is 5.73 Å². The van der Waals surface area contributed by atoms with Gasteiger partial charge in [0.15, 0.2) is 0 Å². The van der Waals surface area contributed by atoms with E-state index in [-0.39, 0.29) is 5.91 Å². The SMILES string of the molecule is CN(Cc1cc(Br)cs1)C(=O)C(N)c1cccs1. The Bertz CT molecular complexity index is 524. The number of halogens is 1. The van der Waals surface area contributed by atoms with Crippen molar-refractivity contribution in [3.63, 3.8) is 0 Å². The molecule has 0 bridgehead atoms. The monoisotopic (exact) mass is 344 g/mol. The summed E-state index contributed by atoms with van der Waals surface area (Å²) >= 11 is 6.54. The molecule has 0 saturated carbocycles. The van der Waals surface area contributed by atoms with Gasteiger partial charge in [0.25, 0.3) is 0 Å². The first-order valence-corrected chi connectivity index (χ1v) is 7.90. The van der Waals surface area contributed by atoms with Crippen LogP contribution in [0.5, 0.6) is 0 Å². The molecule has 6 heteroatoms. The van der Waals surface area contributed by atoms with Gasteiger partial charge in [0, 0.05) is 26.7 Å². The molecule has 96 valence electrons. The predicted molar refractivity (Wildman–Crippen MR) is 79.7 cm³/mol. The molecule has 1 unspecified atom stereocenters. The van der Waals surface area contributed by atoms with E-state index in [0.29, 0.717) is 6.54 Å². The van der Waals surface area contributed by atoms with Crippen LogP contribution >= 0.6 is 38.6 Å². The molecule has 0 aliphatic heterocycles. The largest absolute Gasteiger partial charge is 0.339 e. The standard InChI is InChI=1S/C12H13BrN2OS2/c1-15(6-9-5-8(13)7-18-9)12(16)11(14)10-3-2-4-17-10/h2-5,7,11H,6,14H2,1H3. The Morgan fingerprint density at radius 3 is 2.89 bits per heavy atom. The van der Waals surface area contributed by atoms with Gasteiger partial charge in [-0.25, -0.2) is 0 Å². The van der Waals surface area contributed by atoms with E-state index >= 15 is 0 Å². The van der Waals surface area contributed by atoms with E-state index in [0.717, 1.165) is 14.2 Å². The minimum Gasteiger partial charge on any atom is -0.339 e. The average molecular weight is 345 g/mol. The summed E-state index contributed by atoms with van der Waals surface area (Å²) in [6.07, 6.45) is 0. The van der Waals surface area contributed by atoms with Crippen LogP contribution in [0.25, 0.3) is 0 Å². The molecule has 0 aliphatic carbocycles. The number of hydrogen-bond donors (Lipinski definition) is 1. The number of carbonyl (C=O) groups is 1. The maximum Gasteiger partial charge on any atom is 0.244 e. The van der Waals surface area contributed by atoms with Crippen LogP contribution in [0.3, 0.4) is 0 Å². The van der Waals surface area contributed by atoms with Crippen LogP contribution in [0, 0.1) is 0 Å². The number of likely N-dealkylation sites (N-methyl/N-ethyl adjacent to an activating group) is 1. The molecular formula is C12H13BrN2OS2. The molecule has 0 aromatic carbocycles. The lowest BCUT2D eigenvalue weighted by Crippen LogP contribution is -2.34. The maximum absolute atomic E-state index is 12.2. The third-order valence-corrected chi connectivity index (χ3v) is 5.14. The summed E-state index contributed by atoms with van der Waals surface area (Å²) in [6.45, 7) is 0.591. The molecule has 0 saturated heterocycles. The molecule has 18 heavy (non-hydrogen) atoms. The number of amides is 1. The summed E-state index contributed by atoms with van der Waals surface area (Å²) in [7, 11) is 1.78. The first-order valence-electron chi connectivity index (χ1n) is 5.35. The zero-order valence-corrected chi connectivity index (χ0v) is 13.0. The Labute approximate surface area is 122 Å². The van der Waals surface area contributed by atoms with Crippen molar-refractivity contribution in [3.05, 3.63) is 43.2 Å². The Morgan fingerprint density at radius 1 is 1.56 bits per heavy atom. The van der Waals surface area contributed by atoms with Crippen molar-refractivity contribution in [2.45, 2.75) is 12.6 Å². The molecule has 0 fully saturated rings. The molecule has 2 aromatic heterocycles. The number of nitrogens with zero attached hydrogens (tertiary/aromatic N) is 1. The zero-order valence-electron chi connectivity index (χ0n) is 9.80. The van der Waals surface area contributed by atoms with Gasteiger partial charge < -0.3 is 10.6 Å². The fourth-order valence-electron chi connectivity index (χ4n) is 1.58. The molecule has 2 rings (SSSR count). The molecule has 3 nitrogen and oxygen atoms in total. The average Bonchev–Trinajstić information content (AvgIpc) is 2.98. The van der Waals surface area contributed by atoms with Crippen LogP contribution < -0.4 is 5.73 Å². The van der Waals surface area contributed by atoms with Crippen molar-refractivity contribution in [1.29, 1.82) is 0 Å². The van der Waals surface area contributed by atoms with Crippen LogP contribution in [0.15, 0.2) is 33.4 Å². The zero-order chi connectivity index (χ0) is 13.1. The number of carbonyl (C=O) groups excluding carboxylic acids is 1. The summed E-state index contributed by atoms with van der Waals surface area (Å²) in [4.78, 5) is 15.9. The van der Waals surface area contributed by atoms with E-state index in [2.05, 4.69) is 15.9 Å². The Hall–Kier alpha value is -0.690. The van der Waals surface area contributed by atoms with Gasteiger partial charge in [-0.05, 0) is 33.4 Å². The molecule has 1 amide bonds. The molecule has 2 heterocycles. The second kappa shape index (κ2) is 5.97. The molecule has 0 spiro atoms. The van der Waals surface area contributed by atoms with Gasteiger partial charge in [-0.1, -0.05) is 6.07 Å². The highest BCUT2D eigenvalue weighted by atomic mass is 79.9. The van der Waals surface area contributed by atoms with Crippen molar-refractivity contribution in [2.75, 3.05) is 7.05 Å². The molecule has 0 aliphatic rings. The number of nitrogens with two attached hydrogens (primary N) is 1. The quantitative estimate of drug-likeness (QED) is 0.925. The third-order valence-electron chi connectivity index (χ3n) is 2.51. The van der Waals surface area contributed by atoms with Crippen LogP contribution in [0.4, 0.5) is 0 Å². The summed E-state index contributed by atoms with van der Waals surface area (Å²) in [6, 6.07) is 5.26. The lowest BCUT2D eigenvalue weighted by molar-refractivity contribution is -0.131. The van der Waals surface area contributed by atoms with Gasteiger partial charge in [-0.3, -0.25) is 4.79 Å². The van der Waals surface area contributed by atoms with Gasteiger partial charge in [0.1, 0.15) is 6.04 Å². The van der Waals surface area contributed by atoms with E-state index < -0.39 is 6.04 Å². The van der Waals surface area contributed by atoms with Gasteiger partial charge in [0.05, 0.1) is 6.54 Å². The minimum absolute atomic E-state index is 0.0537. The Kier molecular flexibility index (Phi) is 4.55. The van der Waals surface area contributed by atoms with Gasteiger partial charge in [-0.2, -0.15) is 0 Å². The Morgan fingerprint density at radius 2 is 2.33 bits per heavy atom. The van der Waals surface area contributed by atoms with Gasteiger partial charge >= 0.3 is 0 Å². The first kappa shape index (κ1) is 13.7. The smallest absolute Gasteiger partial charge is 0.244 e. The van der Waals surface area contributed by atoms with Gasteiger partial charge in [-0.15, -0.1) is 22.7 Å². The van der Waals surface area contributed by atoms with E-state index in [9.17, 15) is 4.79 Å². The number of hydrogen-bond acceptors (Lipinski definition) is 4. The van der Waals surface area contributed by atoms with Crippen molar-refractivity contribution in [2.24, 2.45) is 5.73 Å². The van der Waals surface area contributed by atoms with Crippen molar-refractivity contribution in [3.8, 4) is 0 Å². The molecule has 1 atom stereocenters. The lowest BCUT2D eigenvalue weighted by Gasteiger charge is -2.20. The van der Waals surface area contributed by atoms with E-state index in [1.165, 1.54) is 11.3 Å². The third kappa shape index (κ3) is 3.20. The van der Waals surface area contributed by atoms with E-state index in [1.54, 1.807) is 23.3 Å². The van der Waals surface area contributed by atoms with Crippen LogP contribution in [-0.4, -0.2) is 17.9 Å². The Balaban J connectivity index is 2.00. The number of thiophene rings is 2. The number of rotatable bonds is 4. The van der Waals surface area contributed by atoms with Gasteiger partial charge in [0.2, 0.25) is 5.91 Å². The highest BCUT2D eigenvalue weighted by molar-refractivity contribution is 9.10. The fraction of sp³-hybridized carbons (Fsp3) is 0.250. The van der Waals surface area contributed by atoms with Crippen LogP contribution in [0.2, 0.25) is 0 Å². The topological polar surface area (TPSA) is 46.3 Å². The first-order chi connectivity index (χ1) is 8.58. The summed E-state index contributed by atoms with van der Waals surface area (Å²) in [5.74, 6) is -0.0537. The van der Waals surface area contributed by atoms with Crippen LogP contribution in [0.1, 0.15) is 15.8 Å². The van der Waals surface area contributed by atoms with Crippen LogP contribution in [-0.2, 0) is 11.3 Å². The summed E-state index contributed by atoms with van der Waals surface area (Å²) in [5, 5.41) is 3.94. The maximum atomic E-state index is 12.2. The summed E-state index contributed by atoms with van der Waals surface area (Å²) in [5.41, 5.74) is 5.96. The second-order valence-corrected chi connectivity index (χ2v) is 6.81. The lowest BCUT2D eigenvalue weighted by atomic mass is 10.2. The van der Waals surface area contributed by atoms with Crippen molar-refractivity contribution >= 4 is 44.5 Å². The molecule has 0 radical (unpaired) electrons. The second-order valence-electron chi connectivity index (χ2n) is 3.92. The van der Waals surface area contributed by atoms with Crippen molar-refractivity contribution in [1.82, 2.24) is 4.90 Å². The highest BCUT2D eigenvalue weighted by Crippen LogP contribution is 2.23. The van der Waals surface area contributed by atoms with Crippen molar-refractivity contribution < 1.29 is 4.79 Å². The van der Waals surface area contributed by atoms with E-state index in [1.807, 2.05) is 29.0 Å². The summed E-state index contributed by atoms with van der Waals surface area (Å²) < 4.78 is 1.05. The normalized spacial score (nSPS) is 12.4. The molecule has 2 N–H and O–H groups in total. The highest BCUT2D eigenvalue weighted by Gasteiger charge is 2.20. The predicted octanol–water partition coefficient (Wildman–Crippen LogP) is 3.23.